The van der Waals surface area contributed by atoms with E-state index >= 15 is 0 Å². The maximum Gasteiger partial charge on any atom is 0.251 e. The van der Waals surface area contributed by atoms with Crippen LogP contribution >= 0.6 is 0 Å². The van der Waals surface area contributed by atoms with Gasteiger partial charge in [-0.3, -0.25) is 9.10 Å². The third kappa shape index (κ3) is 5.88. The van der Waals surface area contributed by atoms with Crippen molar-refractivity contribution in [1.82, 2.24) is 5.32 Å². The molecule has 1 amide bonds. The number of carbonyl (C=O) groups is 1. The van der Waals surface area contributed by atoms with Gasteiger partial charge in [-0.05, 0) is 66.9 Å². The Morgan fingerprint density at radius 3 is 2.25 bits per heavy atom. The van der Waals surface area contributed by atoms with Crippen LogP contribution in [0.1, 0.15) is 40.0 Å². The number of benzene rings is 3. The van der Waals surface area contributed by atoms with E-state index in [0.29, 0.717) is 11.3 Å². The van der Waals surface area contributed by atoms with E-state index in [-0.39, 0.29) is 18.5 Å². The van der Waals surface area contributed by atoms with Crippen molar-refractivity contribution in [2.24, 2.45) is 0 Å². The van der Waals surface area contributed by atoms with Gasteiger partial charge in [0.1, 0.15) is 5.75 Å². The van der Waals surface area contributed by atoms with Gasteiger partial charge >= 0.3 is 0 Å². The summed E-state index contributed by atoms with van der Waals surface area (Å²) in [6.07, 6.45) is 1.19. The molecule has 0 aromatic heterocycles. The molecule has 1 unspecified atom stereocenters. The molecule has 0 saturated carbocycles. The first-order valence-electron chi connectivity index (χ1n) is 10.3. The minimum Gasteiger partial charge on any atom is -0.497 e. The number of nitrogens with one attached hydrogen (secondary N) is 1. The molecule has 3 aromatic rings. The average Bonchev–Trinajstić information content (AvgIpc) is 2.77. The molecule has 3 rings (SSSR count). The van der Waals surface area contributed by atoms with Crippen LogP contribution in [-0.2, 0) is 16.6 Å². The Bertz CT molecular complexity index is 1170. The summed E-state index contributed by atoms with van der Waals surface area (Å²) in [5, 5.41) is 2.98. The second-order valence-electron chi connectivity index (χ2n) is 7.77. The van der Waals surface area contributed by atoms with E-state index < -0.39 is 10.0 Å². The number of nitrogens with zero attached hydrogens (tertiary/aromatic N) is 1. The molecule has 0 fully saturated rings. The number of hydrogen-bond acceptors (Lipinski definition) is 4. The predicted molar refractivity (Wildman–Crippen MR) is 128 cm³/mol. The number of sulfonamides is 1. The van der Waals surface area contributed by atoms with E-state index in [1.165, 1.54) is 10.6 Å². The van der Waals surface area contributed by atoms with Crippen LogP contribution in [0.4, 0.5) is 5.69 Å². The van der Waals surface area contributed by atoms with Gasteiger partial charge in [0.2, 0.25) is 10.0 Å². The maximum atomic E-state index is 12.7. The third-order valence-corrected chi connectivity index (χ3v) is 6.34. The summed E-state index contributed by atoms with van der Waals surface area (Å²) in [4.78, 5) is 12.7. The summed E-state index contributed by atoms with van der Waals surface area (Å²) in [6, 6.07) is 21.7. The van der Waals surface area contributed by atoms with Crippen molar-refractivity contribution in [2.75, 3.05) is 17.7 Å². The minimum absolute atomic E-state index is 0.171. The topological polar surface area (TPSA) is 75.7 Å². The van der Waals surface area contributed by atoms with Crippen LogP contribution < -0.4 is 14.4 Å². The quantitative estimate of drug-likeness (QED) is 0.548. The highest BCUT2D eigenvalue weighted by Gasteiger charge is 2.18. The molecular weight excluding hydrogens is 424 g/mol. The molecule has 0 aliphatic rings. The lowest BCUT2D eigenvalue weighted by Crippen LogP contribution is -2.29. The molecule has 0 bridgehead atoms. The second-order valence-corrected chi connectivity index (χ2v) is 9.68. The molecule has 0 heterocycles. The number of anilines is 1. The van der Waals surface area contributed by atoms with Gasteiger partial charge in [0.05, 0.1) is 31.6 Å². The number of aryl methyl sites for hydroxylation is 1. The van der Waals surface area contributed by atoms with Crippen LogP contribution in [0, 0.1) is 6.92 Å². The van der Waals surface area contributed by atoms with Crippen LogP contribution in [0.2, 0.25) is 0 Å². The molecule has 3 aromatic carbocycles. The summed E-state index contributed by atoms with van der Waals surface area (Å²) in [5.74, 6) is 0.565. The Hall–Kier alpha value is -3.32. The van der Waals surface area contributed by atoms with Crippen molar-refractivity contribution >= 4 is 21.6 Å². The average molecular weight is 453 g/mol. The SMILES string of the molecule is COc1ccc(C(C)NC(=O)c2ccc(CN(c3cccc(C)c3)S(C)(=O)=O)cc2)cc1. The van der Waals surface area contributed by atoms with Crippen molar-refractivity contribution in [1.29, 1.82) is 0 Å². The highest BCUT2D eigenvalue weighted by molar-refractivity contribution is 7.92. The van der Waals surface area contributed by atoms with Gasteiger partial charge in [0.15, 0.2) is 0 Å². The fourth-order valence-electron chi connectivity index (χ4n) is 3.37. The highest BCUT2D eigenvalue weighted by Crippen LogP contribution is 2.22. The van der Waals surface area contributed by atoms with Gasteiger partial charge in [-0.1, -0.05) is 36.4 Å². The van der Waals surface area contributed by atoms with Crippen LogP contribution in [-0.4, -0.2) is 27.7 Å². The molecular formula is C25H28N2O4S. The van der Waals surface area contributed by atoms with Crippen molar-refractivity contribution in [3.05, 3.63) is 95.1 Å². The first-order chi connectivity index (χ1) is 15.2. The monoisotopic (exact) mass is 452 g/mol. The van der Waals surface area contributed by atoms with Gasteiger partial charge in [-0.15, -0.1) is 0 Å². The van der Waals surface area contributed by atoms with E-state index in [1.54, 1.807) is 37.4 Å². The van der Waals surface area contributed by atoms with Gasteiger partial charge in [-0.25, -0.2) is 8.42 Å². The summed E-state index contributed by atoms with van der Waals surface area (Å²) < 4.78 is 31.3. The van der Waals surface area contributed by atoms with E-state index in [0.717, 1.165) is 22.4 Å². The van der Waals surface area contributed by atoms with Crippen LogP contribution in [0.3, 0.4) is 0 Å². The molecule has 0 spiro atoms. The Kier molecular flexibility index (Phi) is 7.20. The maximum absolute atomic E-state index is 12.7. The van der Waals surface area contributed by atoms with Crippen molar-refractivity contribution in [2.45, 2.75) is 26.4 Å². The summed E-state index contributed by atoms with van der Waals surface area (Å²) >= 11 is 0. The van der Waals surface area contributed by atoms with Gasteiger partial charge in [-0.2, -0.15) is 0 Å². The second kappa shape index (κ2) is 9.87. The zero-order chi connectivity index (χ0) is 23.3. The molecule has 1 atom stereocenters. The Labute approximate surface area is 189 Å². The zero-order valence-electron chi connectivity index (χ0n) is 18.7. The van der Waals surface area contributed by atoms with Gasteiger partial charge in [0, 0.05) is 5.56 Å². The van der Waals surface area contributed by atoms with Gasteiger partial charge < -0.3 is 10.1 Å². The molecule has 0 saturated heterocycles. The lowest BCUT2D eigenvalue weighted by molar-refractivity contribution is 0.0940. The predicted octanol–water partition coefficient (Wildman–Crippen LogP) is 4.46. The third-order valence-electron chi connectivity index (χ3n) is 5.20. The van der Waals surface area contributed by atoms with Crippen molar-refractivity contribution in [3.8, 4) is 5.75 Å². The molecule has 0 aliphatic heterocycles. The standard InChI is InChI=1S/C25H28N2O4S/c1-18-6-5-7-23(16-18)27(32(4,29)30)17-20-8-10-22(11-9-20)25(28)26-19(2)21-12-14-24(31-3)15-13-21/h5-16,19H,17H2,1-4H3,(H,26,28). The van der Waals surface area contributed by atoms with Crippen LogP contribution in [0.5, 0.6) is 5.75 Å². The highest BCUT2D eigenvalue weighted by atomic mass is 32.2. The molecule has 0 aliphatic carbocycles. The fourth-order valence-corrected chi connectivity index (χ4v) is 4.25. The minimum atomic E-state index is -3.47. The summed E-state index contributed by atoms with van der Waals surface area (Å²) in [7, 11) is -1.85. The summed E-state index contributed by atoms with van der Waals surface area (Å²) in [5.41, 5.74) is 3.86. The zero-order valence-corrected chi connectivity index (χ0v) is 19.5. The fraction of sp³-hybridized carbons (Fsp3) is 0.240. The molecule has 7 heteroatoms. The number of hydrogen-bond donors (Lipinski definition) is 1. The van der Waals surface area contributed by atoms with Crippen LogP contribution in [0.25, 0.3) is 0 Å². The van der Waals surface area contributed by atoms with Gasteiger partial charge in [0.25, 0.3) is 5.91 Å². The molecule has 1 N–H and O–H groups in total. The lowest BCUT2D eigenvalue weighted by atomic mass is 10.1. The van der Waals surface area contributed by atoms with E-state index in [1.807, 2.05) is 56.3 Å². The van der Waals surface area contributed by atoms with E-state index in [2.05, 4.69) is 5.32 Å². The summed E-state index contributed by atoms with van der Waals surface area (Å²) in [6.45, 7) is 4.02. The van der Waals surface area contributed by atoms with E-state index in [4.69, 9.17) is 4.74 Å². The Balaban J connectivity index is 1.71. The Morgan fingerprint density at radius 1 is 1.03 bits per heavy atom. The number of methoxy groups -OCH3 is 1. The first kappa shape index (κ1) is 23.3. The molecule has 0 radical (unpaired) electrons. The Morgan fingerprint density at radius 2 is 1.69 bits per heavy atom. The largest absolute Gasteiger partial charge is 0.497 e. The van der Waals surface area contributed by atoms with Crippen molar-refractivity contribution in [3.63, 3.8) is 0 Å². The van der Waals surface area contributed by atoms with Crippen LogP contribution in [0.15, 0.2) is 72.8 Å². The number of ether oxygens (including phenoxy) is 1. The van der Waals surface area contributed by atoms with E-state index in [9.17, 15) is 13.2 Å². The first-order valence-corrected chi connectivity index (χ1v) is 12.1. The molecule has 168 valence electrons. The normalized spacial score (nSPS) is 12.1. The number of rotatable bonds is 8. The lowest BCUT2D eigenvalue weighted by Gasteiger charge is -2.23. The smallest absolute Gasteiger partial charge is 0.251 e. The number of carbonyl (C=O) groups excluding carboxylic acids is 1. The molecule has 6 nitrogen and oxygen atoms in total. The van der Waals surface area contributed by atoms with Crippen molar-refractivity contribution < 1.29 is 17.9 Å². The molecule has 32 heavy (non-hydrogen) atoms. The number of amides is 1.